The van der Waals surface area contributed by atoms with E-state index in [0.29, 0.717) is 18.2 Å². The molecular weight excluding hydrogens is 532 g/mol. The predicted octanol–water partition coefficient (Wildman–Crippen LogP) is 3.48. The van der Waals surface area contributed by atoms with Crippen molar-refractivity contribution >= 4 is 46.0 Å². The summed E-state index contributed by atoms with van der Waals surface area (Å²) >= 11 is 3.22. The van der Waals surface area contributed by atoms with Crippen LogP contribution in [0.5, 0.6) is 0 Å². The number of alkyl halides is 1. The van der Waals surface area contributed by atoms with E-state index in [9.17, 15) is 24.0 Å². The molecule has 0 N–H and O–H groups in total. The topological polar surface area (TPSA) is 141 Å². The summed E-state index contributed by atoms with van der Waals surface area (Å²) in [6.45, 7) is 6.63. The van der Waals surface area contributed by atoms with Gasteiger partial charge in [0.15, 0.2) is 12.2 Å². The van der Waals surface area contributed by atoms with Gasteiger partial charge in [-0.1, -0.05) is 42.1 Å². The summed E-state index contributed by atoms with van der Waals surface area (Å²) in [7, 11) is 0. The number of carbonyl (C=O) groups excluding carboxylic acids is 5. The molecule has 12 heteroatoms. The highest BCUT2D eigenvalue weighted by molar-refractivity contribution is 9.09. The second-order valence-corrected chi connectivity index (χ2v) is 8.92. The van der Waals surface area contributed by atoms with Crippen LogP contribution in [0.3, 0.4) is 0 Å². The predicted molar refractivity (Wildman–Crippen MR) is 127 cm³/mol. The first-order chi connectivity index (χ1) is 16.5. The van der Waals surface area contributed by atoms with Crippen LogP contribution in [-0.4, -0.2) is 74.0 Å². The van der Waals surface area contributed by atoms with Crippen LogP contribution >= 0.6 is 15.9 Å². The molecule has 0 rings (SSSR count). The molecule has 0 saturated heterocycles. The molecule has 0 aliphatic heterocycles. The van der Waals surface area contributed by atoms with Crippen LogP contribution in [0.1, 0.15) is 66.7 Å². The Morgan fingerprint density at radius 1 is 0.771 bits per heavy atom. The highest BCUT2D eigenvalue weighted by Crippen LogP contribution is 2.21. The molecule has 0 aliphatic rings. The molecule has 0 radical (unpaired) electrons. The van der Waals surface area contributed by atoms with E-state index in [1.807, 2.05) is 0 Å². The molecule has 0 aromatic rings. The Morgan fingerprint density at radius 2 is 1.37 bits per heavy atom. The summed E-state index contributed by atoms with van der Waals surface area (Å²) in [4.78, 5) is 59.7. The Kier molecular flexibility index (Phi) is 16.8. The van der Waals surface area contributed by atoms with E-state index in [2.05, 4.69) is 22.9 Å². The van der Waals surface area contributed by atoms with Gasteiger partial charge in [-0.2, -0.15) is 0 Å². The number of halogens is 1. The Balaban J connectivity index is 4.68. The van der Waals surface area contributed by atoms with E-state index in [4.69, 9.17) is 28.4 Å². The van der Waals surface area contributed by atoms with Gasteiger partial charge in [-0.3, -0.25) is 9.59 Å². The molecule has 35 heavy (non-hydrogen) atoms. The van der Waals surface area contributed by atoms with Crippen molar-refractivity contribution in [2.75, 3.05) is 31.8 Å². The molecule has 0 amide bonds. The first-order valence-corrected chi connectivity index (χ1v) is 12.7. The third kappa shape index (κ3) is 14.6. The minimum Gasteiger partial charge on any atom is -0.465 e. The SMILES string of the molecule is CCCCCCOC(=O)C(C)OC(=O)C(C)OC(=O)OCC(C)(COC(C)=O)C(=O)OCCCBr. The van der Waals surface area contributed by atoms with Crippen LogP contribution < -0.4 is 0 Å². The van der Waals surface area contributed by atoms with Crippen molar-refractivity contribution in [1.82, 2.24) is 0 Å². The number of hydrogen-bond acceptors (Lipinski definition) is 11. The molecule has 0 aromatic carbocycles. The minimum absolute atomic E-state index is 0.117. The second kappa shape index (κ2) is 18.0. The molecule has 0 bridgehead atoms. The van der Waals surface area contributed by atoms with Crippen LogP contribution in [0.2, 0.25) is 0 Å². The van der Waals surface area contributed by atoms with Crippen molar-refractivity contribution in [2.24, 2.45) is 5.41 Å². The molecule has 0 fully saturated rings. The first kappa shape index (κ1) is 32.6. The van der Waals surface area contributed by atoms with Crippen LogP contribution in [0.25, 0.3) is 0 Å². The van der Waals surface area contributed by atoms with E-state index in [-0.39, 0.29) is 13.2 Å². The van der Waals surface area contributed by atoms with Crippen molar-refractivity contribution < 1.29 is 52.4 Å². The number of esters is 4. The third-order valence-corrected chi connectivity index (χ3v) is 5.14. The summed E-state index contributed by atoms with van der Waals surface area (Å²) in [6, 6.07) is 0. The van der Waals surface area contributed by atoms with E-state index in [0.717, 1.165) is 19.3 Å². The molecule has 202 valence electrons. The maximum absolute atomic E-state index is 12.4. The summed E-state index contributed by atoms with van der Waals surface area (Å²) in [5, 5.41) is 0.618. The standard InChI is InChI=1S/C23H37BrO11/c1-6-7-8-9-12-30-19(26)16(2)34-20(27)17(3)35-22(29)33-15-23(5,14-32-18(4)25)21(28)31-13-10-11-24/h16-17H,6-15H2,1-5H3. The van der Waals surface area contributed by atoms with Gasteiger partial charge < -0.3 is 28.4 Å². The van der Waals surface area contributed by atoms with Crippen molar-refractivity contribution in [1.29, 1.82) is 0 Å². The normalized spacial score (nSPS) is 14.0. The van der Waals surface area contributed by atoms with Gasteiger partial charge >= 0.3 is 30.0 Å². The molecule has 0 heterocycles. The first-order valence-electron chi connectivity index (χ1n) is 11.5. The average molecular weight is 569 g/mol. The average Bonchev–Trinajstić information content (AvgIpc) is 2.81. The number of carbonyl (C=O) groups is 5. The second-order valence-electron chi connectivity index (χ2n) is 8.13. The summed E-state index contributed by atoms with van der Waals surface area (Å²) in [6.07, 6.45) is 0.449. The Hall–Kier alpha value is -2.37. The van der Waals surface area contributed by atoms with Gasteiger partial charge in [-0.05, 0) is 33.6 Å². The van der Waals surface area contributed by atoms with Crippen molar-refractivity contribution in [3.8, 4) is 0 Å². The smallest absolute Gasteiger partial charge is 0.465 e. The molecule has 3 unspecified atom stereocenters. The third-order valence-electron chi connectivity index (χ3n) is 4.58. The zero-order chi connectivity index (χ0) is 26.9. The monoisotopic (exact) mass is 568 g/mol. The van der Waals surface area contributed by atoms with E-state index in [1.54, 1.807) is 0 Å². The molecule has 3 atom stereocenters. The number of rotatable bonds is 17. The maximum Gasteiger partial charge on any atom is 0.509 e. The number of unbranched alkanes of at least 4 members (excludes halogenated alkanes) is 3. The molecule has 0 aliphatic carbocycles. The number of hydrogen-bond donors (Lipinski definition) is 0. The molecule has 11 nitrogen and oxygen atoms in total. The van der Waals surface area contributed by atoms with Gasteiger partial charge in [0.25, 0.3) is 0 Å². The van der Waals surface area contributed by atoms with Gasteiger partial charge in [0, 0.05) is 12.3 Å². The van der Waals surface area contributed by atoms with Crippen LogP contribution in [0, 0.1) is 5.41 Å². The van der Waals surface area contributed by atoms with Gasteiger partial charge in [0.1, 0.15) is 18.6 Å². The van der Waals surface area contributed by atoms with Gasteiger partial charge in [-0.15, -0.1) is 0 Å². The lowest BCUT2D eigenvalue weighted by Crippen LogP contribution is -2.41. The zero-order valence-corrected chi connectivity index (χ0v) is 22.7. The Bertz CT molecular complexity index is 697. The zero-order valence-electron chi connectivity index (χ0n) is 21.1. The highest BCUT2D eigenvalue weighted by Gasteiger charge is 2.39. The molecule has 0 saturated carbocycles. The Labute approximate surface area is 214 Å². The van der Waals surface area contributed by atoms with E-state index < -0.39 is 60.9 Å². The van der Waals surface area contributed by atoms with Gasteiger partial charge in [0.2, 0.25) is 0 Å². The maximum atomic E-state index is 12.4. The number of ether oxygens (including phenoxy) is 6. The molecule has 0 aromatic heterocycles. The highest BCUT2D eigenvalue weighted by atomic mass is 79.9. The fourth-order valence-corrected chi connectivity index (χ4v) is 2.62. The van der Waals surface area contributed by atoms with Crippen molar-refractivity contribution in [2.45, 2.75) is 78.9 Å². The lowest BCUT2D eigenvalue weighted by Gasteiger charge is -2.26. The quantitative estimate of drug-likeness (QED) is 0.110. The Morgan fingerprint density at radius 3 is 1.97 bits per heavy atom. The van der Waals surface area contributed by atoms with Gasteiger partial charge in [-0.25, -0.2) is 14.4 Å². The van der Waals surface area contributed by atoms with E-state index in [1.165, 1.54) is 27.7 Å². The minimum atomic E-state index is -1.49. The summed E-state index contributed by atoms with van der Waals surface area (Å²) in [5.74, 6) is -3.04. The van der Waals surface area contributed by atoms with Crippen molar-refractivity contribution in [3.05, 3.63) is 0 Å². The lowest BCUT2D eigenvalue weighted by atomic mass is 9.93. The van der Waals surface area contributed by atoms with E-state index >= 15 is 0 Å². The fourth-order valence-electron chi connectivity index (χ4n) is 2.40. The van der Waals surface area contributed by atoms with Gasteiger partial charge in [0.05, 0.1) is 13.2 Å². The molecule has 0 spiro atoms. The van der Waals surface area contributed by atoms with Crippen LogP contribution in [0.15, 0.2) is 0 Å². The van der Waals surface area contributed by atoms with Crippen LogP contribution in [-0.2, 0) is 47.6 Å². The summed E-state index contributed by atoms with van der Waals surface area (Å²) in [5.41, 5.74) is -1.49. The van der Waals surface area contributed by atoms with Crippen molar-refractivity contribution in [3.63, 3.8) is 0 Å². The lowest BCUT2D eigenvalue weighted by molar-refractivity contribution is -0.172. The largest absolute Gasteiger partial charge is 0.509 e. The summed E-state index contributed by atoms with van der Waals surface area (Å²) < 4.78 is 29.9. The van der Waals surface area contributed by atoms with Crippen LogP contribution in [0.4, 0.5) is 4.79 Å². The molecular formula is C23H37BrO11. The fraction of sp³-hybridized carbons (Fsp3) is 0.783.